The molecule has 1 aliphatic rings. The van der Waals surface area contributed by atoms with Gasteiger partial charge in [0.2, 0.25) is 0 Å². The molecule has 0 N–H and O–H groups in total. The molecule has 5 heteroatoms. The fourth-order valence-electron chi connectivity index (χ4n) is 2.29. The molecular formula is C16H14ClN3S. The molecule has 0 amide bonds. The van der Waals surface area contributed by atoms with Gasteiger partial charge in [0, 0.05) is 23.2 Å². The highest BCUT2D eigenvalue weighted by atomic mass is 35.5. The van der Waals surface area contributed by atoms with Crippen LogP contribution in [0.2, 0.25) is 5.02 Å². The van der Waals surface area contributed by atoms with Gasteiger partial charge in [0.15, 0.2) is 5.17 Å². The van der Waals surface area contributed by atoms with Gasteiger partial charge in [-0.05, 0) is 24.5 Å². The topological polar surface area (TPSA) is 28.0 Å². The summed E-state index contributed by atoms with van der Waals surface area (Å²) in [5.41, 5.74) is 3.90. The first-order valence-electron chi connectivity index (χ1n) is 6.49. The first-order valence-corrected chi connectivity index (χ1v) is 8.09. The van der Waals surface area contributed by atoms with Crippen LogP contribution < -0.4 is 4.90 Å². The van der Waals surface area contributed by atoms with Gasteiger partial charge in [0.1, 0.15) is 5.71 Å². The van der Waals surface area contributed by atoms with Gasteiger partial charge >= 0.3 is 0 Å². The van der Waals surface area contributed by atoms with Crippen molar-refractivity contribution in [2.75, 3.05) is 18.2 Å². The molecule has 0 bridgehead atoms. The van der Waals surface area contributed by atoms with Gasteiger partial charge in [-0.25, -0.2) is 0 Å². The number of rotatable bonds is 1. The molecular weight excluding hydrogens is 302 g/mol. The smallest absolute Gasteiger partial charge is 0.189 e. The minimum absolute atomic E-state index is 0.693. The molecule has 21 heavy (non-hydrogen) atoms. The van der Waals surface area contributed by atoms with Crippen molar-refractivity contribution >= 4 is 39.9 Å². The van der Waals surface area contributed by atoms with E-state index in [1.807, 2.05) is 66.7 Å². The van der Waals surface area contributed by atoms with Crippen LogP contribution in [0.25, 0.3) is 0 Å². The minimum atomic E-state index is 0.693. The number of hydrogen-bond donors (Lipinski definition) is 0. The monoisotopic (exact) mass is 315 g/mol. The van der Waals surface area contributed by atoms with Crippen LogP contribution in [-0.4, -0.2) is 24.2 Å². The molecule has 1 heterocycles. The molecule has 0 aromatic heterocycles. The fourth-order valence-corrected chi connectivity index (χ4v) is 2.96. The van der Waals surface area contributed by atoms with Crippen molar-refractivity contribution in [3.05, 3.63) is 64.7 Å². The zero-order chi connectivity index (χ0) is 14.8. The second kappa shape index (κ2) is 5.92. The number of amidine groups is 1. The van der Waals surface area contributed by atoms with E-state index in [0.29, 0.717) is 5.02 Å². The zero-order valence-electron chi connectivity index (χ0n) is 11.7. The molecule has 0 fully saturated rings. The van der Waals surface area contributed by atoms with Crippen LogP contribution in [0.1, 0.15) is 11.1 Å². The highest BCUT2D eigenvalue weighted by molar-refractivity contribution is 8.13. The third-order valence-electron chi connectivity index (χ3n) is 3.33. The molecule has 106 valence electrons. The summed E-state index contributed by atoms with van der Waals surface area (Å²) in [6.07, 6.45) is 1.99. The lowest BCUT2D eigenvalue weighted by Gasteiger charge is -2.20. The van der Waals surface area contributed by atoms with Crippen LogP contribution in [0, 0.1) is 0 Å². The molecule has 0 atom stereocenters. The van der Waals surface area contributed by atoms with E-state index < -0.39 is 0 Å². The van der Waals surface area contributed by atoms with Crippen LogP contribution in [-0.2, 0) is 0 Å². The minimum Gasteiger partial charge on any atom is -0.322 e. The summed E-state index contributed by atoms with van der Waals surface area (Å²) in [6.45, 7) is 0. The van der Waals surface area contributed by atoms with Crippen molar-refractivity contribution < 1.29 is 0 Å². The van der Waals surface area contributed by atoms with Crippen LogP contribution in [0.15, 0.2) is 58.7 Å². The summed E-state index contributed by atoms with van der Waals surface area (Å²) < 4.78 is 0. The molecule has 3 nitrogen and oxygen atoms in total. The molecule has 0 aliphatic carbocycles. The molecule has 0 saturated heterocycles. The molecule has 2 aromatic rings. The summed E-state index contributed by atoms with van der Waals surface area (Å²) in [7, 11) is 1.99. The maximum absolute atomic E-state index is 6.18. The number of fused-ring (bicyclic) bond motifs is 1. The zero-order valence-corrected chi connectivity index (χ0v) is 13.3. The summed E-state index contributed by atoms with van der Waals surface area (Å²) >= 11 is 7.75. The highest BCUT2D eigenvalue weighted by Gasteiger charge is 2.20. The second-order valence-electron chi connectivity index (χ2n) is 4.62. The Kier molecular flexibility index (Phi) is 3.99. The van der Waals surface area contributed by atoms with Gasteiger partial charge in [-0.15, -0.1) is 10.2 Å². The average Bonchev–Trinajstić information content (AvgIpc) is 2.65. The summed E-state index contributed by atoms with van der Waals surface area (Å²) in [4.78, 5) is 2.04. The van der Waals surface area contributed by atoms with Crippen molar-refractivity contribution in [2.45, 2.75) is 0 Å². The van der Waals surface area contributed by atoms with E-state index in [0.717, 1.165) is 27.7 Å². The fraction of sp³-hybridized carbons (Fsp3) is 0.125. The van der Waals surface area contributed by atoms with Crippen LogP contribution in [0.3, 0.4) is 0 Å². The van der Waals surface area contributed by atoms with E-state index in [1.54, 1.807) is 11.8 Å². The number of benzene rings is 2. The van der Waals surface area contributed by atoms with Crippen LogP contribution in [0.4, 0.5) is 5.69 Å². The van der Waals surface area contributed by atoms with Gasteiger partial charge in [-0.2, -0.15) is 0 Å². The Hall–Kier alpha value is -1.78. The largest absolute Gasteiger partial charge is 0.322 e. The Bertz CT molecular complexity index is 726. The predicted octanol–water partition coefficient (Wildman–Crippen LogP) is 4.26. The molecule has 2 aromatic carbocycles. The molecule has 0 unspecified atom stereocenters. The van der Waals surface area contributed by atoms with E-state index in [-0.39, 0.29) is 0 Å². The Labute approximate surface area is 133 Å². The normalized spacial score (nSPS) is 14.1. The standard InChI is InChI=1S/C16H14ClN3S/c1-20-14-9-8-12(17)10-13(14)15(18-19-16(20)21-2)11-6-4-3-5-7-11/h3-10H,1-2H3. The van der Waals surface area contributed by atoms with Gasteiger partial charge in [-0.3, -0.25) is 0 Å². The van der Waals surface area contributed by atoms with E-state index in [4.69, 9.17) is 11.6 Å². The molecule has 3 rings (SSSR count). The molecule has 0 radical (unpaired) electrons. The third-order valence-corrected chi connectivity index (χ3v) is 4.28. The van der Waals surface area contributed by atoms with Crippen molar-refractivity contribution in [1.82, 2.24) is 0 Å². The van der Waals surface area contributed by atoms with Crippen LogP contribution in [0.5, 0.6) is 0 Å². The van der Waals surface area contributed by atoms with Gasteiger partial charge in [0.05, 0.1) is 5.69 Å². The lowest BCUT2D eigenvalue weighted by Crippen LogP contribution is -2.23. The summed E-state index contributed by atoms with van der Waals surface area (Å²) in [5, 5.41) is 10.4. The van der Waals surface area contributed by atoms with E-state index >= 15 is 0 Å². The molecule has 1 aliphatic heterocycles. The van der Waals surface area contributed by atoms with Crippen molar-refractivity contribution in [3.8, 4) is 0 Å². The Morgan fingerprint density at radius 2 is 1.81 bits per heavy atom. The van der Waals surface area contributed by atoms with Crippen LogP contribution >= 0.6 is 23.4 Å². The summed E-state index contributed by atoms with van der Waals surface area (Å²) in [6, 6.07) is 15.9. The maximum atomic E-state index is 6.18. The first kappa shape index (κ1) is 14.2. The average molecular weight is 316 g/mol. The van der Waals surface area contributed by atoms with Crippen molar-refractivity contribution in [2.24, 2.45) is 10.2 Å². The first-order chi connectivity index (χ1) is 10.2. The maximum Gasteiger partial charge on any atom is 0.189 e. The SMILES string of the molecule is CSC1=NN=C(c2ccccc2)c2cc(Cl)ccc2N1C. The summed E-state index contributed by atoms with van der Waals surface area (Å²) in [5.74, 6) is 0. The Morgan fingerprint density at radius 3 is 2.52 bits per heavy atom. The quantitative estimate of drug-likeness (QED) is 0.786. The Balaban J connectivity index is 2.24. The predicted molar refractivity (Wildman–Crippen MR) is 92.9 cm³/mol. The highest BCUT2D eigenvalue weighted by Crippen LogP contribution is 2.30. The lowest BCUT2D eigenvalue weighted by atomic mass is 10.0. The van der Waals surface area contributed by atoms with E-state index in [9.17, 15) is 0 Å². The van der Waals surface area contributed by atoms with Crippen molar-refractivity contribution in [1.29, 1.82) is 0 Å². The lowest BCUT2D eigenvalue weighted by molar-refractivity contribution is 1.21. The number of halogens is 1. The molecule has 0 spiro atoms. The molecule has 0 saturated carbocycles. The second-order valence-corrected chi connectivity index (χ2v) is 5.83. The van der Waals surface area contributed by atoms with E-state index in [2.05, 4.69) is 10.2 Å². The third kappa shape index (κ3) is 2.69. The van der Waals surface area contributed by atoms with Gasteiger partial charge in [0.25, 0.3) is 0 Å². The number of hydrogen-bond acceptors (Lipinski definition) is 4. The van der Waals surface area contributed by atoms with E-state index in [1.165, 1.54) is 0 Å². The number of nitrogens with zero attached hydrogens (tertiary/aromatic N) is 3. The number of anilines is 1. The number of thioether (sulfide) groups is 1. The van der Waals surface area contributed by atoms with Gasteiger partial charge in [-0.1, -0.05) is 53.7 Å². The van der Waals surface area contributed by atoms with Crippen molar-refractivity contribution in [3.63, 3.8) is 0 Å². The van der Waals surface area contributed by atoms with Gasteiger partial charge < -0.3 is 4.90 Å². The Morgan fingerprint density at radius 1 is 1.05 bits per heavy atom.